The average molecular weight is 494 g/mol. The van der Waals surface area contributed by atoms with Crippen molar-refractivity contribution in [1.82, 2.24) is 29.4 Å². The zero-order valence-corrected chi connectivity index (χ0v) is 19.2. The number of piperidine rings is 1. The van der Waals surface area contributed by atoms with E-state index in [0.29, 0.717) is 30.2 Å². The quantitative estimate of drug-likeness (QED) is 0.419. The molecule has 2 fully saturated rings. The highest BCUT2D eigenvalue weighted by molar-refractivity contribution is 5.93. The minimum absolute atomic E-state index is 0.106. The molecule has 6 rings (SSSR count). The first kappa shape index (κ1) is 22.4. The molecule has 1 saturated carbocycles. The fourth-order valence-electron chi connectivity index (χ4n) is 5.03. The number of aromatic nitrogens is 5. The number of aryl methyl sites for hydroxylation is 1. The molecule has 0 unspecified atom stereocenters. The molecule has 11 heteroatoms. The predicted molar refractivity (Wildman–Crippen MR) is 123 cm³/mol. The summed E-state index contributed by atoms with van der Waals surface area (Å²) in [6.07, 6.45) is -2.03. The summed E-state index contributed by atoms with van der Waals surface area (Å²) in [6, 6.07) is 12.4. The highest BCUT2D eigenvalue weighted by atomic mass is 19.4. The molecule has 2 aliphatic rings. The summed E-state index contributed by atoms with van der Waals surface area (Å²) in [5.41, 5.74) is 1.13. The second-order valence-corrected chi connectivity index (χ2v) is 9.12. The zero-order valence-electron chi connectivity index (χ0n) is 19.2. The normalized spacial score (nSPS) is 21.0. The summed E-state index contributed by atoms with van der Waals surface area (Å²) >= 11 is 0. The van der Waals surface area contributed by atoms with E-state index in [1.54, 1.807) is 4.90 Å². The van der Waals surface area contributed by atoms with Crippen molar-refractivity contribution < 1.29 is 22.7 Å². The third kappa shape index (κ3) is 3.84. The number of carbonyl (C=O) groups excluding carboxylic acids is 1. The Kier molecular flexibility index (Phi) is 5.16. The second-order valence-electron chi connectivity index (χ2n) is 9.12. The number of likely N-dealkylation sites (tertiary alicyclic amines) is 1. The van der Waals surface area contributed by atoms with Crippen LogP contribution in [0.4, 0.5) is 13.2 Å². The number of nitrogens with zero attached hydrogens (tertiary/aromatic N) is 6. The number of amides is 1. The van der Waals surface area contributed by atoms with E-state index in [2.05, 4.69) is 19.9 Å². The van der Waals surface area contributed by atoms with E-state index in [1.807, 2.05) is 41.9 Å². The molecule has 0 bridgehead atoms. The van der Waals surface area contributed by atoms with Crippen molar-refractivity contribution in [2.45, 2.75) is 6.18 Å². The fraction of sp³-hybridized carbons (Fsp3) is 0.320. The van der Waals surface area contributed by atoms with E-state index in [1.165, 1.54) is 18.3 Å². The van der Waals surface area contributed by atoms with Gasteiger partial charge in [-0.2, -0.15) is 13.2 Å². The van der Waals surface area contributed by atoms with Gasteiger partial charge in [0, 0.05) is 37.8 Å². The Labute approximate surface area is 203 Å². The first-order valence-corrected chi connectivity index (χ1v) is 11.5. The third-order valence-electron chi connectivity index (χ3n) is 6.96. The second kappa shape index (κ2) is 8.28. The van der Waals surface area contributed by atoms with Crippen LogP contribution in [0.25, 0.3) is 22.7 Å². The van der Waals surface area contributed by atoms with Gasteiger partial charge in [-0.1, -0.05) is 30.3 Å². The molecule has 1 aromatic carbocycles. The van der Waals surface area contributed by atoms with Crippen molar-refractivity contribution >= 4 is 17.2 Å². The number of fused-ring (bicyclic) bond motifs is 2. The molecule has 4 heterocycles. The van der Waals surface area contributed by atoms with Crippen LogP contribution in [-0.4, -0.2) is 55.0 Å². The lowest BCUT2D eigenvalue weighted by molar-refractivity contribution is -0.142. The Morgan fingerprint density at radius 1 is 1.06 bits per heavy atom. The summed E-state index contributed by atoms with van der Waals surface area (Å²) in [7, 11) is 1.84. The number of halogens is 3. The topological polar surface area (TPSA) is 86.0 Å². The van der Waals surface area contributed by atoms with Gasteiger partial charge in [-0.3, -0.25) is 4.79 Å². The van der Waals surface area contributed by atoms with Crippen molar-refractivity contribution in [2.24, 2.45) is 24.8 Å². The number of rotatable bonds is 5. The number of hydrogen-bond acceptors (Lipinski definition) is 6. The van der Waals surface area contributed by atoms with Crippen molar-refractivity contribution in [2.75, 3.05) is 19.7 Å². The van der Waals surface area contributed by atoms with Crippen LogP contribution in [0.15, 0.2) is 54.9 Å². The van der Waals surface area contributed by atoms with Gasteiger partial charge in [0.15, 0.2) is 17.0 Å². The number of benzene rings is 1. The lowest BCUT2D eigenvalue weighted by Crippen LogP contribution is -2.33. The monoisotopic (exact) mass is 494 g/mol. The third-order valence-corrected chi connectivity index (χ3v) is 6.96. The largest absolute Gasteiger partial charge is 0.491 e. The molecular formula is C25H21F3N6O2. The number of hydrogen-bond donors (Lipinski definition) is 0. The Balaban J connectivity index is 1.11. The Hall–Kier alpha value is -4.02. The van der Waals surface area contributed by atoms with Gasteiger partial charge in [-0.25, -0.2) is 19.9 Å². The van der Waals surface area contributed by atoms with Crippen molar-refractivity contribution in [3.63, 3.8) is 0 Å². The molecule has 1 aliphatic heterocycles. The van der Waals surface area contributed by atoms with Gasteiger partial charge in [0.2, 0.25) is 0 Å². The summed E-state index contributed by atoms with van der Waals surface area (Å²) < 4.78 is 46.7. The molecule has 1 amide bonds. The lowest BCUT2D eigenvalue weighted by Gasteiger charge is -2.20. The van der Waals surface area contributed by atoms with E-state index >= 15 is 0 Å². The SMILES string of the molecule is Cn1c(-c2ccccc2)nc2ncc(C(=O)N3C[C@@H]4[C@H](COc5cccnc5C(F)(F)F)[C@@H]4C3)nc21. The first-order chi connectivity index (χ1) is 17.3. The molecule has 1 aliphatic carbocycles. The van der Waals surface area contributed by atoms with Gasteiger partial charge < -0.3 is 14.2 Å². The molecule has 4 aromatic rings. The van der Waals surface area contributed by atoms with Gasteiger partial charge in [0.25, 0.3) is 5.91 Å². The Bertz CT molecular complexity index is 1440. The lowest BCUT2D eigenvalue weighted by atomic mass is 10.2. The highest BCUT2D eigenvalue weighted by Crippen LogP contribution is 2.52. The van der Waals surface area contributed by atoms with Crippen molar-refractivity contribution in [3.8, 4) is 17.1 Å². The van der Waals surface area contributed by atoms with Crippen LogP contribution in [0.1, 0.15) is 16.2 Å². The van der Waals surface area contributed by atoms with Crippen LogP contribution in [0.2, 0.25) is 0 Å². The summed E-state index contributed by atoms with van der Waals surface area (Å²) in [6.45, 7) is 1.18. The van der Waals surface area contributed by atoms with E-state index in [4.69, 9.17) is 4.74 Å². The maximum Gasteiger partial charge on any atom is 0.437 e. The molecule has 1 saturated heterocycles. The molecule has 184 valence electrons. The van der Waals surface area contributed by atoms with Crippen LogP contribution in [0.3, 0.4) is 0 Å². The fourth-order valence-corrected chi connectivity index (χ4v) is 5.03. The molecule has 0 N–H and O–H groups in total. The number of alkyl halides is 3. The predicted octanol–water partition coefficient (Wildman–Crippen LogP) is 3.84. The van der Waals surface area contributed by atoms with Gasteiger partial charge in [0.1, 0.15) is 17.3 Å². The van der Waals surface area contributed by atoms with Crippen LogP contribution >= 0.6 is 0 Å². The first-order valence-electron chi connectivity index (χ1n) is 11.5. The van der Waals surface area contributed by atoms with Gasteiger partial charge in [-0.05, 0) is 24.0 Å². The van der Waals surface area contributed by atoms with E-state index in [0.717, 1.165) is 11.8 Å². The summed E-state index contributed by atoms with van der Waals surface area (Å²) in [5.74, 6) is 0.719. The van der Waals surface area contributed by atoms with Crippen LogP contribution in [0, 0.1) is 17.8 Å². The molecule has 36 heavy (non-hydrogen) atoms. The van der Waals surface area contributed by atoms with E-state index in [9.17, 15) is 18.0 Å². The van der Waals surface area contributed by atoms with Gasteiger partial charge >= 0.3 is 6.18 Å². The molecule has 8 nitrogen and oxygen atoms in total. The Morgan fingerprint density at radius 2 is 1.81 bits per heavy atom. The summed E-state index contributed by atoms with van der Waals surface area (Å²) in [5, 5.41) is 0. The van der Waals surface area contributed by atoms with E-state index < -0.39 is 11.9 Å². The number of imidazole rings is 1. The van der Waals surface area contributed by atoms with Crippen LogP contribution in [-0.2, 0) is 13.2 Å². The van der Waals surface area contributed by atoms with Crippen LogP contribution in [0.5, 0.6) is 5.75 Å². The smallest absolute Gasteiger partial charge is 0.437 e. The Morgan fingerprint density at radius 3 is 2.53 bits per heavy atom. The van der Waals surface area contributed by atoms with Gasteiger partial charge in [-0.15, -0.1) is 0 Å². The average Bonchev–Trinajstić information content (AvgIpc) is 3.18. The van der Waals surface area contributed by atoms with Crippen LogP contribution < -0.4 is 4.74 Å². The maximum absolute atomic E-state index is 13.1. The van der Waals surface area contributed by atoms with Crippen molar-refractivity contribution in [1.29, 1.82) is 0 Å². The van der Waals surface area contributed by atoms with Gasteiger partial charge in [0.05, 0.1) is 12.8 Å². The maximum atomic E-state index is 13.1. The minimum Gasteiger partial charge on any atom is -0.491 e. The number of ether oxygens (including phenoxy) is 1. The molecule has 0 spiro atoms. The molecule has 3 aromatic heterocycles. The standard InChI is InChI=1S/C25H21F3N6O2/c1-33-22(14-6-3-2-4-7-14)32-21-23(33)31-18(10-30-21)24(35)34-11-15-16(12-34)17(15)13-36-19-8-5-9-29-20(19)25(26,27)28/h2-10,15-17H,11-13H2,1H3/t15-,16+,17-. The van der Waals surface area contributed by atoms with E-state index in [-0.39, 0.29) is 41.7 Å². The molecular weight excluding hydrogens is 473 g/mol. The number of pyridine rings is 1. The highest BCUT2D eigenvalue weighted by Gasteiger charge is 2.57. The molecule has 3 atom stereocenters. The van der Waals surface area contributed by atoms with Crippen molar-refractivity contribution in [3.05, 3.63) is 66.2 Å². The number of carbonyl (C=O) groups is 1. The zero-order chi connectivity index (χ0) is 25.0. The summed E-state index contributed by atoms with van der Waals surface area (Å²) in [4.78, 5) is 31.7. The minimum atomic E-state index is -4.57. The molecule has 0 radical (unpaired) electrons.